The van der Waals surface area contributed by atoms with Crippen LogP contribution in [-0.4, -0.2) is 42.2 Å². The lowest BCUT2D eigenvalue weighted by molar-refractivity contribution is 0.102. The number of fused-ring (bicyclic) bond motifs is 8. The van der Waals surface area contributed by atoms with E-state index in [0.717, 1.165) is 78.6 Å². The normalized spacial score (nSPS) is 16.7. The van der Waals surface area contributed by atoms with Gasteiger partial charge in [-0.05, 0) is 178 Å². The Morgan fingerprint density at radius 2 is 1.22 bits per heavy atom. The molecule has 0 unspecified atom stereocenters. The van der Waals surface area contributed by atoms with Gasteiger partial charge >= 0.3 is 0 Å². The Kier molecular flexibility index (Phi) is 14.0. The van der Waals surface area contributed by atoms with E-state index in [-0.39, 0.29) is 5.91 Å². The summed E-state index contributed by atoms with van der Waals surface area (Å²) in [7, 11) is 8.97. The van der Waals surface area contributed by atoms with Gasteiger partial charge in [-0.15, -0.1) is 0 Å². The Hall–Kier alpha value is -7.71. The summed E-state index contributed by atoms with van der Waals surface area (Å²) < 4.78 is 30.9. The monoisotopic (exact) mass is 1020 g/mol. The number of rotatable bonds is 15. The molecule has 1 fully saturated rings. The van der Waals surface area contributed by atoms with Crippen LogP contribution in [0.15, 0.2) is 146 Å². The average molecular weight is 1020 g/mol. The van der Waals surface area contributed by atoms with Crippen molar-refractivity contribution in [2.45, 2.75) is 96.0 Å². The van der Waals surface area contributed by atoms with Gasteiger partial charge in [-0.2, -0.15) is 0 Å². The Balaban J connectivity index is 0.893. The molecule has 0 aromatic heterocycles. The maximum Gasteiger partial charge on any atom is 0.255 e. The summed E-state index contributed by atoms with van der Waals surface area (Å²) in [5.74, 6) is 4.98. The molecule has 0 radical (unpaired) electrons. The topological polar surface area (TPSA) is 75.3 Å². The van der Waals surface area contributed by atoms with Crippen molar-refractivity contribution in [3.8, 4) is 62.1 Å². The molecule has 0 spiro atoms. The van der Waals surface area contributed by atoms with Crippen LogP contribution in [0.5, 0.6) is 28.7 Å². The molecule has 77 heavy (non-hydrogen) atoms. The van der Waals surface area contributed by atoms with Crippen LogP contribution in [0.25, 0.3) is 50.2 Å². The van der Waals surface area contributed by atoms with E-state index < -0.39 is 11.0 Å². The van der Waals surface area contributed by atoms with E-state index in [0.29, 0.717) is 23.0 Å². The minimum atomic E-state index is -0.995. The summed E-state index contributed by atoms with van der Waals surface area (Å²) >= 11 is 0. The number of carbonyl (C=O) groups is 1. The number of unbranched alkanes of at least 4 members (excludes halogenated alkanes) is 2. The van der Waals surface area contributed by atoms with Crippen LogP contribution in [0.3, 0.4) is 0 Å². The number of carbonyl (C=O) groups excluding carboxylic acids is 1. The van der Waals surface area contributed by atoms with Crippen molar-refractivity contribution in [1.29, 1.82) is 0 Å². The van der Waals surface area contributed by atoms with Crippen LogP contribution in [0, 0.1) is 12.8 Å². The highest BCUT2D eigenvalue weighted by molar-refractivity contribution is 6.36. The Morgan fingerprint density at radius 3 is 1.79 bits per heavy atom. The summed E-state index contributed by atoms with van der Waals surface area (Å²) in [6, 6.07) is 48.1. The lowest BCUT2D eigenvalue weighted by atomic mass is 9.71. The van der Waals surface area contributed by atoms with Crippen LogP contribution in [0.4, 0.5) is 5.69 Å². The zero-order valence-electron chi connectivity index (χ0n) is 46.2. The minimum absolute atomic E-state index is 0.140. The zero-order valence-corrected chi connectivity index (χ0v) is 46.2. The predicted octanol–water partition coefficient (Wildman–Crippen LogP) is 15.5. The van der Waals surface area contributed by atoms with Gasteiger partial charge < -0.3 is 29.0 Å². The van der Waals surface area contributed by atoms with Crippen LogP contribution in [-0.2, 0) is 11.0 Å². The van der Waals surface area contributed by atoms with Crippen molar-refractivity contribution in [1.82, 2.24) is 0 Å². The van der Waals surface area contributed by atoms with Crippen molar-refractivity contribution in [3.63, 3.8) is 0 Å². The highest BCUT2D eigenvalue weighted by Gasteiger charge is 2.46. The first kappa shape index (κ1) is 51.4. The quantitative estimate of drug-likeness (QED) is 0.0815. The van der Waals surface area contributed by atoms with Crippen molar-refractivity contribution < 1.29 is 28.5 Å². The fourth-order valence-electron chi connectivity index (χ4n) is 13.1. The fourth-order valence-corrected chi connectivity index (χ4v) is 13.1. The maximum absolute atomic E-state index is 13.7. The number of amides is 1. The molecule has 0 atom stereocenters. The van der Waals surface area contributed by atoms with Crippen molar-refractivity contribution in [2.24, 2.45) is 5.92 Å². The Morgan fingerprint density at radius 1 is 0.649 bits per heavy atom. The number of nitrogens with one attached hydrogen (secondary N) is 1. The lowest BCUT2D eigenvalue weighted by Crippen LogP contribution is -2.35. The van der Waals surface area contributed by atoms with Crippen molar-refractivity contribution in [3.05, 3.63) is 190 Å². The van der Waals surface area contributed by atoms with E-state index in [2.05, 4.69) is 144 Å². The molecule has 2 aliphatic carbocycles. The van der Waals surface area contributed by atoms with Crippen molar-refractivity contribution >= 4 is 41.8 Å². The lowest BCUT2D eigenvalue weighted by Gasteiger charge is -2.38. The highest BCUT2D eigenvalue weighted by Crippen LogP contribution is 2.59. The molecule has 8 aromatic carbocycles. The first-order chi connectivity index (χ1) is 37.4. The van der Waals surface area contributed by atoms with Crippen LogP contribution in [0.2, 0.25) is 0 Å². The molecular weight excluding hydrogens is 950 g/mol. The predicted molar refractivity (Wildman–Crippen MR) is 318 cm³/mol. The van der Waals surface area contributed by atoms with E-state index in [1.807, 2.05) is 48.5 Å². The second kappa shape index (κ2) is 21.0. The van der Waals surface area contributed by atoms with Crippen molar-refractivity contribution in [2.75, 3.05) is 33.8 Å². The molecule has 11 rings (SSSR count). The molecule has 1 N–H and O–H groups in total. The van der Waals surface area contributed by atoms with E-state index >= 15 is 0 Å². The number of methoxy groups -OCH3 is 4. The summed E-state index contributed by atoms with van der Waals surface area (Å²) in [6.45, 7) is 9.19. The first-order valence-corrected chi connectivity index (χ1v) is 27.6. The fraction of sp³-hybridized carbons (Fsp3) is 0.290. The third-order valence-corrected chi connectivity index (χ3v) is 17.4. The largest absolute Gasteiger partial charge is 0.497 e. The minimum Gasteiger partial charge on any atom is -0.497 e. The third-order valence-electron chi connectivity index (χ3n) is 17.4. The van der Waals surface area contributed by atoms with E-state index in [9.17, 15) is 4.79 Å². The van der Waals surface area contributed by atoms with E-state index in [1.54, 1.807) is 28.4 Å². The van der Waals surface area contributed by atoms with Crippen LogP contribution >= 0.6 is 0 Å². The van der Waals surface area contributed by atoms with E-state index in [1.165, 1.54) is 90.2 Å². The Labute approximate surface area is 456 Å². The smallest absolute Gasteiger partial charge is 0.255 e. The van der Waals surface area contributed by atoms with Gasteiger partial charge in [0.2, 0.25) is 0 Å². The van der Waals surface area contributed by atoms with Gasteiger partial charge in [0.05, 0.1) is 28.4 Å². The van der Waals surface area contributed by atoms with Gasteiger partial charge in [0.25, 0.3) is 5.91 Å². The molecule has 3 aliphatic rings. The number of ether oxygens (including phenoxy) is 5. The van der Waals surface area contributed by atoms with Crippen LogP contribution in [0.1, 0.15) is 127 Å². The summed E-state index contributed by atoms with van der Waals surface area (Å²) in [6.07, 6.45) is 15.2. The van der Waals surface area contributed by atoms with Gasteiger partial charge in [0, 0.05) is 38.7 Å². The second-order valence-corrected chi connectivity index (χ2v) is 22.0. The Bertz CT molecular complexity index is 3470. The summed E-state index contributed by atoms with van der Waals surface area (Å²) in [5, 5.41) is 5.09. The van der Waals surface area contributed by atoms with Gasteiger partial charge in [0.1, 0.15) is 25.1 Å². The molecule has 1 amide bonds. The van der Waals surface area contributed by atoms with Gasteiger partial charge in [-0.1, -0.05) is 131 Å². The molecule has 1 saturated carbocycles. The highest BCUT2D eigenvalue weighted by atomic mass is 16.5. The van der Waals surface area contributed by atoms with Gasteiger partial charge in [0.15, 0.2) is 17.1 Å². The molecule has 0 bridgehead atoms. The summed E-state index contributed by atoms with van der Waals surface area (Å²) in [4.78, 5) is 13.7. The third kappa shape index (κ3) is 9.23. The standard InChI is InChI=1S/C69H70BNO6/c1-9-10-11-12-43-13-15-44(16-14-43)45-17-19-46(20-18-45)47-21-23-49(24-22-47)67(72)71-52-31-25-48(26-32-52)56-39-59-62-57-40-60(75-7)61(76-8)41-58(57)66-55(63(62)68(3,4)64(59)65(70)42(56)2)37-38-69(77-66,50-27-33-53(73-5)34-28-50)51-29-35-54(74-6)36-30-51/h17-41,43-44H,9-16,70H2,1-8H3,(H,71,72). The van der Waals surface area contributed by atoms with Gasteiger partial charge in [-0.3, -0.25) is 4.79 Å². The molecule has 1 aliphatic heterocycles. The number of benzene rings is 8. The second-order valence-electron chi connectivity index (χ2n) is 22.0. The SMILES string of the molecule is Bc1c(C)c(-c2ccc(NC(=O)c3ccc(-c4ccc(C5CCC(CCCCC)CC5)cc4)cc3)cc2)cc2c1C(C)(C)c1c3c(c4cc(OC)c(OC)cc4c1-2)OC(c1ccc(OC)cc1)(c1ccc(OC)cc1)C=C3. The maximum atomic E-state index is 13.7. The number of hydrogen-bond acceptors (Lipinski definition) is 6. The number of hydrogen-bond donors (Lipinski definition) is 1. The molecule has 0 saturated heterocycles. The van der Waals surface area contributed by atoms with E-state index in [4.69, 9.17) is 23.7 Å². The average Bonchev–Trinajstić information content (AvgIpc) is 3.96. The molecule has 1 heterocycles. The zero-order chi connectivity index (χ0) is 53.6. The molecule has 8 aromatic rings. The molecule has 390 valence electrons. The summed E-state index contributed by atoms with van der Waals surface area (Å²) in [5.41, 5.74) is 16.1. The van der Waals surface area contributed by atoms with Crippen LogP contribution < -0.4 is 34.5 Å². The first-order valence-electron chi connectivity index (χ1n) is 27.6. The molecule has 7 nitrogen and oxygen atoms in total. The van der Waals surface area contributed by atoms with Gasteiger partial charge in [-0.25, -0.2) is 0 Å². The molecular formula is C69H70BNO6. The number of anilines is 1. The molecule has 8 heteroatoms.